The highest BCUT2D eigenvalue weighted by atomic mass is 16.4. The lowest BCUT2D eigenvalue weighted by Gasteiger charge is -2.23. The lowest BCUT2D eigenvalue weighted by Crippen LogP contribution is -2.38. The van der Waals surface area contributed by atoms with Crippen LogP contribution >= 0.6 is 0 Å². The second-order valence-electron chi connectivity index (χ2n) is 5.78. The standard InChI is InChI=1S/C15H18N2O3/c1-8-3-5-11(9(2)16-8)14(18)17-10-4-6-13(17)12(7-10)15(19)20/h3,5,10,12-13H,4,6-7H2,1-2H3,(H,19,20). The van der Waals surface area contributed by atoms with Crippen LogP contribution in [-0.4, -0.2) is 39.0 Å². The number of aliphatic carboxylic acids is 1. The smallest absolute Gasteiger partial charge is 0.308 e. The molecule has 20 heavy (non-hydrogen) atoms. The first-order valence-electron chi connectivity index (χ1n) is 6.98. The van der Waals surface area contributed by atoms with Gasteiger partial charge in [-0.05, 0) is 45.2 Å². The van der Waals surface area contributed by atoms with Crippen LogP contribution < -0.4 is 0 Å². The van der Waals surface area contributed by atoms with Crippen LogP contribution in [0.25, 0.3) is 0 Å². The van der Waals surface area contributed by atoms with Gasteiger partial charge in [-0.2, -0.15) is 0 Å². The normalized spacial score (nSPS) is 27.9. The van der Waals surface area contributed by atoms with Gasteiger partial charge < -0.3 is 10.0 Å². The number of rotatable bonds is 2. The molecule has 3 unspecified atom stereocenters. The number of amides is 1. The molecule has 2 saturated heterocycles. The number of aromatic nitrogens is 1. The van der Waals surface area contributed by atoms with Gasteiger partial charge in [-0.3, -0.25) is 14.6 Å². The van der Waals surface area contributed by atoms with Crippen molar-refractivity contribution in [2.75, 3.05) is 0 Å². The Morgan fingerprint density at radius 1 is 1.30 bits per heavy atom. The molecule has 0 aliphatic carbocycles. The van der Waals surface area contributed by atoms with E-state index in [4.69, 9.17) is 0 Å². The van der Waals surface area contributed by atoms with E-state index in [0.29, 0.717) is 17.7 Å². The maximum absolute atomic E-state index is 12.7. The summed E-state index contributed by atoms with van der Waals surface area (Å²) in [6.07, 6.45) is 2.30. The molecule has 106 valence electrons. The minimum absolute atomic E-state index is 0.0637. The molecule has 2 aliphatic rings. The van der Waals surface area contributed by atoms with Crippen molar-refractivity contribution in [3.8, 4) is 0 Å². The van der Waals surface area contributed by atoms with E-state index in [1.165, 1.54) is 0 Å². The van der Waals surface area contributed by atoms with E-state index in [9.17, 15) is 14.7 Å². The number of aryl methyl sites for hydroxylation is 2. The van der Waals surface area contributed by atoms with Crippen molar-refractivity contribution < 1.29 is 14.7 Å². The van der Waals surface area contributed by atoms with E-state index in [1.54, 1.807) is 11.0 Å². The molecule has 3 heterocycles. The van der Waals surface area contributed by atoms with Gasteiger partial charge in [0.2, 0.25) is 0 Å². The molecule has 3 rings (SSSR count). The highest BCUT2D eigenvalue weighted by Crippen LogP contribution is 2.42. The van der Waals surface area contributed by atoms with Gasteiger partial charge >= 0.3 is 5.97 Å². The van der Waals surface area contributed by atoms with Crippen LogP contribution in [0.4, 0.5) is 0 Å². The quantitative estimate of drug-likeness (QED) is 0.892. The molecule has 0 radical (unpaired) electrons. The first kappa shape index (κ1) is 13.1. The number of carbonyl (C=O) groups is 2. The molecule has 5 heteroatoms. The molecular formula is C15H18N2O3. The summed E-state index contributed by atoms with van der Waals surface area (Å²) in [5.41, 5.74) is 2.19. The summed E-state index contributed by atoms with van der Waals surface area (Å²) in [5, 5.41) is 9.25. The van der Waals surface area contributed by atoms with Crippen molar-refractivity contribution in [2.24, 2.45) is 5.92 Å². The molecule has 1 N–H and O–H groups in total. The van der Waals surface area contributed by atoms with Gasteiger partial charge in [-0.1, -0.05) is 0 Å². The van der Waals surface area contributed by atoms with E-state index in [-0.39, 0.29) is 18.0 Å². The molecule has 3 atom stereocenters. The molecular weight excluding hydrogens is 256 g/mol. The number of carboxylic acids is 1. The third kappa shape index (κ3) is 1.88. The highest BCUT2D eigenvalue weighted by molar-refractivity contribution is 5.96. The third-order valence-electron chi connectivity index (χ3n) is 4.54. The van der Waals surface area contributed by atoms with Crippen LogP contribution in [-0.2, 0) is 4.79 Å². The highest BCUT2D eigenvalue weighted by Gasteiger charge is 2.51. The second-order valence-corrected chi connectivity index (χ2v) is 5.78. The summed E-state index contributed by atoms with van der Waals surface area (Å²) < 4.78 is 0. The number of carbonyl (C=O) groups excluding carboxylic acids is 1. The average molecular weight is 274 g/mol. The monoisotopic (exact) mass is 274 g/mol. The van der Waals surface area contributed by atoms with Crippen LogP contribution in [0.1, 0.15) is 41.0 Å². The molecule has 2 fully saturated rings. The number of hydrogen-bond acceptors (Lipinski definition) is 3. The van der Waals surface area contributed by atoms with Crippen molar-refractivity contribution in [3.63, 3.8) is 0 Å². The van der Waals surface area contributed by atoms with Crippen molar-refractivity contribution in [1.82, 2.24) is 9.88 Å². The fraction of sp³-hybridized carbons (Fsp3) is 0.533. The van der Waals surface area contributed by atoms with E-state index in [1.807, 2.05) is 19.9 Å². The van der Waals surface area contributed by atoms with Gasteiger partial charge in [0, 0.05) is 17.8 Å². The lowest BCUT2D eigenvalue weighted by molar-refractivity contribution is -0.142. The van der Waals surface area contributed by atoms with Gasteiger partial charge in [0.1, 0.15) is 0 Å². The molecule has 0 saturated carbocycles. The van der Waals surface area contributed by atoms with Gasteiger partial charge in [0.15, 0.2) is 0 Å². The SMILES string of the molecule is Cc1ccc(C(=O)N2C3CCC2C(C(=O)O)C3)c(C)n1. The minimum Gasteiger partial charge on any atom is -0.481 e. The maximum atomic E-state index is 12.7. The van der Waals surface area contributed by atoms with E-state index >= 15 is 0 Å². The zero-order chi connectivity index (χ0) is 14.4. The first-order valence-corrected chi connectivity index (χ1v) is 6.98. The third-order valence-corrected chi connectivity index (χ3v) is 4.54. The Balaban J connectivity index is 1.90. The van der Waals surface area contributed by atoms with Crippen LogP contribution in [0.5, 0.6) is 0 Å². The van der Waals surface area contributed by atoms with E-state index in [2.05, 4.69) is 4.98 Å². The van der Waals surface area contributed by atoms with Crippen molar-refractivity contribution in [1.29, 1.82) is 0 Å². The molecule has 1 aromatic heterocycles. The van der Waals surface area contributed by atoms with Crippen LogP contribution in [0.15, 0.2) is 12.1 Å². The van der Waals surface area contributed by atoms with Crippen molar-refractivity contribution >= 4 is 11.9 Å². The Hall–Kier alpha value is -1.91. The van der Waals surface area contributed by atoms with Crippen LogP contribution in [0.2, 0.25) is 0 Å². The molecule has 2 aliphatic heterocycles. The van der Waals surface area contributed by atoms with Crippen LogP contribution in [0.3, 0.4) is 0 Å². The van der Waals surface area contributed by atoms with E-state index < -0.39 is 11.9 Å². The number of hydrogen-bond donors (Lipinski definition) is 1. The Bertz CT molecular complexity index is 584. The average Bonchev–Trinajstić information content (AvgIpc) is 2.95. The predicted octanol–water partition coefficient (Wildman–Crippen LogP) is 1.78. The van der Waals surface area contributed by atoms with Gasteiger partial charge in [-0.25, -0.2) is 0 Å². The van der Waals surface area contributed by atoms with Gasteiger partial charge in [0.05, 0.1) is 17.2 Å². The summed E-state index contributed by atoms with van der Waals surface area (Å²) >= 11 is 0. The predicted molar refractivity (Wildman–Crippen MR) is 72.4 cm³/mol. The largest absolute Gasteiger partial charge is 0.481 e. The molecule has 1 amide bonds. The maximum Gasteiger partial charge on any atom is 0.308 e. The molecule has 0 spiro atoms. The Morgan fingerprint density at radius 2 is 2.05 bits per heavy atom. The summed E-state index contributed by atoms with van der Waals surface area (Å²) in [7, 11) is 0. The number of nitrogens with zero attached hydrogens (tertiary/aromatic N) is 2. The fourth-order valence-electron chi connectivity index (χ4n) is 3.62. The fourth-order valence-corrected chi connectivity index (χ4v) is 3.62. The van der Waals surface area contributed by atoms with Crippen molar-refractivity contribution in [3.05, 3.63) is 29.1 Å². The lowest BCUT2D eigenvalue weighted by atomic mass is 9.89. The molecule has 5 nitrogen and oxygen atoms in total. The Labute approximate surface area is 117 Å². The summed E-state index contributed by atoms with van der Waals surface area (Å²) in [5.74, 6) is -1.25. The van der Waals surface area contributed by atoms with Gasteiger partial charge in [-0.15, -0.1) is 0 Å². The summed E-state index contributed by atoms with van der Waals surface area (Å²) in [6, 6.07) is 3.56. The number of carboxylic acid groups (broad SMARTS) is 1. The summed E-state index contributed by atoms with van der Waals surface area (Å²) in [6.45, 7) is 3.72. The Morgan fingerprint density at radius 3 is 2.65 bits per heavy atom. The minimum atomic E-state index is -0.784. The zero-order valence-electron chi connectivity index (χ0n) is 11.7. The molecule has 1 aromatic rings. The number of pyridine rings is 1. The van der Waals surface area contributed by atoms with Gasteiger partial charge in [0.25, 0.3) is 5.91 Å². The van der Waals surface area contributed by atoms with Crippen molar-refractivity contribution in [2.45, 2.75) is 45.2 Å². The second kappa shape index (κ2) is 4.58. The van der Waals surface area contributed by atoms with E-state index in [0.717, 1.165) is 18.5 Å². The Kier molecular flexibility index (Phi) is 3.00. The number of fused-ring (bicyclic) bond motifs is 2. The van der Waals surface area contributed by atoms with Crippen LogP contribution in [0, 0.1) is 19.8 Å². The first-order chi connectivity index (χ1) is 9.49. The molecule has 2 bridgehead atoms. The summed E-state index contributed by atoms with van der Waals surface area (Å²) in [4.78, 5) is 30.1. The molecule has 0 aromatic carbocycles. The zero-order valence-corrected chi connectivity index (χ0v) is 11.7. The topological polar surface area (TPSA) is 70.5 Å².